The molecule has 9 heteroatoms. The number of hydrogen-bond acceptors (Lipinski definition) is 7. The van der Waals surface area contributed by atoms with Crippen molar-refractivity contribution in [1.29, 1.82) is 0 Å². The van der Waals surface area contributed by atoms with E-state index in [9.17, 15) is 14.4 Å². The molecule has 3 amide bonds. The largest absolute Gasteiger partial charge is 0.493 e. The number of carbonyl (C=O) groups is 3. The lowest BCUT2D eigenvalue weighted by atomic mass is 10.1. The highest BCUT2D eigenvalue weighted by molar-refractivity contribution is 5.96. The fourth-order valence-electron chi connectivity index (χ4n) is 2.41. The van der Waals surface area contributed by atoms with Crippen LogP contribution >= 0.6 is 0 Å². The Labute approximate surface area is 158 Å². The van der Waals surface area contributed by atoms with Crippen molar-refractivity contribution in [3.05, 3.63) is 17.7 Å². The molecule has 0 bridgehead atoms. The lowest BCUT2D eigenvalue weighted by Crippen LogP contribution is -2.45. The lowest BCUT2D eigenvalue weighted by molar-refractivity contribution is -0.158. The molecule has 0 fully saturated rings. The normalized spacial score (nSPS) is 11.5. The van der Waals surface area contributed by atoms with Gasteiger partial charge in [-0.3, -0.25) is 14.9 Å². The van der Waals surface area contributed by atoms with Crippen molar-refractivity contribution < 1.29 is 33.3 Å². The number of nitrogens with two attached hydrogens (primary N) is 1. The van der Waals surface area contributed by atoms with E-state index in [0.29, 0.717) is 23.7 Å². The number of imide groups is 1. The summed E-state index contributed by atoms with van der Waals surface area (Å²) in [6, 6.07) is 2.46. The van der Waals surface area contributed by atoms with Crippen molar-refractivity contribution in [3.8, 4) is 17.2 Å². The molecule has 0 radical (unpaired) electrons. The topological polar surface area (TPSA) is 126 Å². The second-order valence-electron chi connectivity index (χ2n) is 6.04. The number of urea groups is 1. The predicted octanol–water partition coefficient (Wildman–Crippen LogP) is 1.41. The average molecular weight is 382 g/mol. The van der Waals surface area contributed by atoms with E-state index in [2.05, 4.69) is 0 Å². The first-order valence-electron chi connectivity index (χ1n) is 8.32. The molecule has 0 unspecified atom stereocenters. The van der Waals surface area contributed by atoms with E-state index in [4.69, 9.17) is 24.7 Å². The molecule has 0 aliphatic carbocycles. The van der Waals surface area contributed by atoms with Gasteiger partial charge in [-0.15, -0.1) is 0 Å². The van der Waals surface area contributed by atoms with Gasteiger partial charge in [-0.25, -0.2) is 4.79 Å². The number of amides is 3. The number of aryl methyl sites for hydroxylation is 1. The smallest absolute Gasteiger partial charge is 0.318 e. The molecule has 0 aliphatic heterocycles. The van der Waals surface area contributed by atoms with E-state index in [1.54, 1.807) is 26.0 Å². The van der Waals surface area contributed by atoms with Gasteiger partial charge in [0.25, 0.3) is 5.91 Å². The number of benzene rings is 1. The van der Waals surface area contributed by atoms with Crippen molar-refractivity contribution in [1.82, 2.24) is 5.32 Å². The van der Waals surface area contributed by atoms with E-state index in [0.717, 1.165) is 5.56 Å². The van der Waals surface area contributed by atoms with Crippen LogP contribution in [-0.4, -0.2) is 45.3 Å². The molecule has 0 heterocycles. The fourth-order valence-corrected chi connectivity index (χ4v) is 2.41. The van der Waals surface area contributed by atoms with Gasteiger partial charge in [-0.2, -0.15) is 0 Å². The number of primary amides is 1. The molecule has 150 valence electrons. The van der Waals surface area contributed by atoms with Crippen molar-refractivity contribution in [2.75, 3.05) is 21.3 Å². The first-order chi connectivity index (χ1) is 12.7. The zero-order valence-corrected chi connectivity index (χ0v) is 16.2. The van der Waals surface area contributed by atoms with Gasteiger partial charge >= 0.3 is 12.0 Å². The molecule has 1 rings (SSSR count). The van der Waals surface area contributed by atoms with Crippen LogP contribution < -0.4 is 25.3 Å². The standard InChI is InChI=1S/C18H26N2O7/c1-10(2)15(17(22)20-18(19)23)27-14(21)7-6-11-8-12(24-3)16(26-5)13(9-11)25-4/h8-10,15H,6-7H2,1-5H3,(H3,19,20,22,23)/t15-/m1/s1. The van der Waals surface area contributed by atoms with Crippen LogP contribution in [0.15, 0.2) is 12.1 Å². The molecule has 9 nitrogen and oxygen atoms in total. The molecular formula is C18H26N2O7. The Bertz CT molecular complexity index is 663. The summed E-state index contributed by atoms with van der Waals surface area (Å²) in [5.74, 6) is -0.258. The minimum Gasteiger partial charge on any atom is -0.493 e. The molecule has 27 heavy (non-hydrogen) atoms. The number of rotatable bonds is 9. The van der Waals surface area contributed by atoms with Crippen LogP contribution in [0.2, 0.25) is 0 Å². The van der Waals surface area contributed by atoms with Crippen molar-refractivity contribution in [2.24, 2.45) is 11.7 Å². The third-order valence-corrected chi connectivity index (χ3v) is 3.71. The lowest BCUT2D eigenvalue weighted by Gasteiger charge is -2.20. The highest BCUT2D eigenvalue weighted by Gasteiger charge is 2.27. The number of esters is 1. The summed E-state index contributed by atoms with van der Waals surface area (Å²) in [6.07, 6.45) is -0.756. The Morgan fingerprint density at radius 3 is 2.00 bits per heavy atom. The maximum absolute atomic E-state index is 12.1. The Balaban J connectivity index is 2.80. The molecule has 0 saturated carbocycles. The van der Waals surface area contributed by atoms with E-state index >= 15 is 0 Å². The van der Waals surface area contributed by atoms with Crippen LogP contribution in [0.1, 0.15) is 25.8 Å². The summed E-state index contributed by atoms with van der Waals surface area (Å²) >= 11 is 0. The highest BCUT2D eigenvalue weighted by atomic mass is 16.5. The highest BCUT2D eigenvalue weighted by Crippen LogP contribution is 2.38. The maximum Gasteiger partial charge on any atom is 0.318 e. The Morgan fingerprint density at radius 1 is 1.04 bits per heavy atom. The van der Waals surface area contributed by atoms with Crippen LogP contribution in [0.4, 0.5) is 4.79 Å². The summed E-state index contributed by atoms with van der Waals surface area (Å²) < 4.78 is 21.0. The molecular weight excluding hydrogens is 356 g/mol. The van der Waals surface area contributed by atoms with Crippen molar-refractivity contribution in [2.45, 2.75) is 32.8 Å². The molecule has 0 aliphatic rings. The monoisotopic (exact) mass is 382 g/mol. The third kappa shape index (κ3) is 6.36. The minimum atomic E-state index is -1.11. The zero-order valence-electron chi connectivity index (χ0n) is 16.2. The quantitative estimate of drug-likeness (QED) is 0.618. The summed E-state index contributed by atoms with van der Waals surface area (Å²) in [4.78, 5) is 34.9. The molecule has 1 atom stereocenters. The van der Waals surface area contributed by atoms with Gasteiger partial charge in [0, 0.05) is 6.42 Å². The molecule has 3 N–H and O–H groups in total. The van der Waals surface area contributed by atoms with Gasteiger partial charge < -0.3 is 24.7 Å². The maximum atomic E-state index is 12.1. The fraction of sp³-hybridized carbons (Fsp3) is 0.500. The van der Waals surface area contributed by atoms with Gasteiger partial charge in [0.15, 0.2) is 17.6 Å². The molecule has 1 aromatic rings. The summed E-state index contributed by atoms with van der Waals surface area (Å²) in [7, 11) is 4.50. The SMILES string of the molecule is COc1cc(CCC(=O)O[C@@H](C(=O)NC(N)=O)C(C)C)cc(OC)c1OC. The second-order valence-corrected chi connectivity index (χ2v) is 6.04. The predicted molar refractivity (Wildman–Crippen MR) is 96.9 cm³/mol. The second kappa shape index (κ2) is 10.2. The van der Waals surface area contributed by atoms with Crippen LogP contribution in [-0.2, 0) is 20.7 Å². The van der Waals surface area contributed by atoms with Gasteiger partial charge in [0.1, 0.15) is 0 Å². The number of ether oxygens (including phenoxy) is 4. The van der Waals surface area contributed by atoms with E-state index < -0.39 is 24.0 Å². The zero-order chi connectivity index (χ0) is 20.6. The van der Waals surface area contributed by atoms with Crippen LogP contribution in [0.25, 0.3) is 0 Å². The summed E-state index contributed by atoms with van der Waals surface area (Å²) in [5, 5.41) is 1.92. The number of nitrogens with one attached hydrogen (secondary N) is 1. The Hall–Kier alpha value is -2.97. The van der Waals surface area contributed by atoms with Crippen molar-refractivity contribution >= 4 is 17.9 Å². The molecule has 1 aromatic carbocycles. The third-order valence-electron chi connectivity index (χ3n) is 3.71. The Kier molecular flexibility index (Phi) is 8.37. The number of methoxy groups -OCH3 is 3. The van der Waals surface area contributed by atoms with Crippen LogP contribution in [0, 0.1) is 5.92 Å². The number of carbonyl (C=O) groups excluding carboxylic acids is 3. The van der Waals surface area contributed by atoms with E-state index in [1.165, 1.54) is 21.3 Å². The number of hydrogen-bond donors (Lipinski definition) is 2. The van der Waals surface area contributed by atoms with E-state index in [1.807, 2.05) is 5.32 Å². The average Bonchev–Trinajstić information content (AvgIpc) is 2.62. The summed E-state index contributed by atoms with van der Waals surface area (Å²) in [5.41, 5.74) is 5.70. The van der Waals surface area contributed by atoms with Gasteiger partial charge in [0.2, 0.25) is 5.75 Å². The molecule has 0 saturated heterocycles. The van der Waals surface area contributed by atoms with Crippen molar-refractivity contribution in [3.63, 3.8) is 0 Å². The first-order valence-corrected chi connectivity index (χ1v) is 8.32. The minimum absolute atomic E-state index is 0.0196. The van der Waals surface area contributed by atoms with Crippen LogP contribution in [0.3, 0.4) is 0 Å². The van der Waals surface area contributed by atoms with Gasteiger partial charge in [-0.1, -0.05) is 13.8 Å². The Morgan fingerprint density at radius 2 is 1.59 bits per heavy atom. The molecule has 0 spiro atoms. The first kappa shape index (κ1) is 22.1. The van der Waals surface area contributed by atoms with Crippen LogP contribution in [0.5, 0.6) is 17.2 Å². The van der Waals surface area contributed by atoms with E-state index in [-0.39, 0.29) is 12.3 Å². The molecule has 0 aromatic heterocycles. The van der Waals surface area contributed by atoms with Gasteiger partial charge in [-0.05, 0) is 30.0 Å². The summed E-state index contributed by atoms with van der Waals surface area (Å²) in [6.45, 7) is 3.38. The van der Waals surface area contributed by atoms with Gasteiger partial charge in [0.05, 0.1) is 21.3 Å².